The summed E-state index contributed by atoms with van der Waals surface area (Å²) >= 11 is 0. The third-order valence-electron chi connectivity index (χ3n) is 2.36. The molecule has 0 aromatic carbocycles. The van der Waals surface area contributed by atoms with Gasteiger partial charge in [-0.25, -0.2) is 4.79 Å². The molecule has 0 N–H and O–H groups in total. The summed E-state index contributed by atoms with van der Waals surface area (Å²) in [6, 6.07) is 0. The summed E-state index contributed by atoms with van der Waals surface area (Å²) in [6.45, 7) is 6.84. The molecule has 0 heterocycles. The highest BCUT2D eigenvalue weighted by Gasteiger charge is 2.34. The molecular weight excluding hydrogens is 257 g/mol. The first kappa shape index (κ1) is 18.0. The molecule has 0 saturated heterocycles. The smallest absolute Gasteiger partial charge is 0.412 e. The lowest BCUT2D eigenvalue weighted by Gasteiger charge is -2.19. The second-order valence-corrected chi connectivity index (χ2v) is 5.51. The van der Waals surface area contributed by atoms with E-state index in [4.69, 9.17) is 4.74 Å². The number of carbonyl (C=O) groups is 1. The fraction of sp³-hybridized carbons (Fsp3) is 0.786. The average molecular weight is 280 g/mol. The minimum atomic E-state index is -4.47. The van der Waals surface area contributed by atoms with Crippen molar-refractivity contribution in [2.45, 2.75) is 71.6 Å². The maximum absolute atomic E-state index is 12.7. The van der Waals surface area contributed by atoms with Crippen LogP contribution in [-0.2, 0) is 9.53 Å². The summed E-state index contributed by atoms with van der Waals surface area (Å²) in [5.41, 5.74) is -1.59. The largest absolute Gasteiger partial charge is 0.457 e. The molecule has 0 amide bonds. The third kappa shape index (κ3) is 9.56. The summed E-state index contributed by atoms with van der Waals surface area (Å²) in [7, 11) is 0. The number of allylic oxidation sites excluding steroid dienone is 1. The van der Waals surface area contributed by atoms with Gasteiger partial charge in [0.05, 0.1) is 0 Å². The molecular formula is C14H23F3O2. The zero-order valence-corrected chi connectivity index (χ0v) is 12.1. The Balaban J connectivity index is 4.62. The van der Waals surface area contributed by atoms with E-state index < -0.39 is 23.3 Å². The maximum Gasteiger partial charge on any atom is 0.412 e. The fourth-order valence-electron chi connectivity index (χ4n) is 1.51. The fourth-order valence-corrected chi connectivity index (χ4v) is 1.51. The Hall–Kier alpha value is -1.00. The molecule has 0 aliphatic rings. The van der Waals surface area contributed by atoms with E-state index in [1.807, 2.05) is 6.92 Å². The summed E-state index contributed by atoms with van der Waals surface area (Å²) in [5.74, 6) is -0.935. The van der Waals surface area contributed by atoms with Crippen LogP contribution in [-0.4, -0.2) is 17.7 Å². The van der Waals surface area contributed by atoms with Crippen LogP contribution in [0, 0.1) is 0 Å². The molecule has 0 aliphatic carbocycles. The summed E-state index contributed by atoms with van der Waals surface area (Å²) in [4.78, 5) is 11.4. The van der Waals surface area contributed by atoms with Crippen LogP contribution in [0.3, 0.4) is 0 Å². The van der Waals surface area contributed by atoms with Crippen LogP contribution in [0.25, 0.3) is 0 Å². The summed E-state index contributed by atoms with van der Waals surface area (Å²) in [6.07, 6.45) is -1.00. The van der Waals surface area contributed by atoms with Gasteiger partial charge in [0.2, 0.25) is 0 Å². The number of ether oxygens (including phenoxy) is 1. The minimum Gasteiger partial charge on any atom is -0.457 e. The number of halogens is 3. The van der Waals surface area contributed by atoms with Crippen LogP contribution in [0.4, 0.5) is 13.2 Å². The van der Waals surface area contributed by atoms with Crippen molar-refractivity contribution in [1.29, 1.82) is 0 Å². The number of carbonyl (C=O) groups excluding carboxylic acids is 1. The highest BCUT2D eigenvalue weighted by atomic mass is 19.4. The monoisotopic (exact) mass is 280 g/mol. The van der Waals surface area contributed by atoms with E-state index in [0.717, 1.165) is 19.3 Å². The number of unbranched alkanes of at least 4 members (excludes halogenated alkanes) is 3. The van der Waals surface area contributed by atoms with Crippen LogP contribution >= 0.6 is 0 Å². The van der Waals surface area contributed by atoms with Crippen molar-refractivity contribution in [3.8, 4) is 0 Å². The van der Waals surface area contributed by atoms with Crippen molar-refractivity contribution < 1.29 is 22.7 Å². The molecule has 0 saturated carbocycles. The van der Waals surface area contributed by atoms with Crippen molar-refractivity contribution in [3.63, 3.8) is 0 Å². The van der Waals surface area contributed by atoms with Gasteiger partial charge in [0, 0.05) is 11.6 Å². The van der Waals surface area contributed by atoms with Gasteiger partial charge in [-0.05, 0) is 33.6 Å². The molecule has 0 spiro atoms. The van der Waals surface area contributed by atoms with E-state index in [9.17, 15) is 18.0 Å². The Labute approximate surface area is 113 Å². The highest BCUT2D eigenvalue weighted by molar-refractivity contribution is 5.83. The van der Waals surface area contributed by atoms with Gasteiger partial charge in [-0.2, -0.15) is 13.2 Å². The van der Waals surface area contributed by atoms with Crippen LogP contribution in [0.5, 0.6) is 0 Å². The molecule has 0 unspecified atom stereocenters. The van der Waals surface area contributed by atoms with Crippen molar-refractivity contribution in [1.82, 2.24) is 0 Å². The van der Waals surface area contributed by atoms with Gasteiger partial charge in [-0.15, -0.1) is 0 Å². The number of alkyl halides is 3. The third-order valence-corrected chi connectivity index (χ3v) is 2.36. The van der Waals surface area contributed by atoms with E-state index in [2.05, 4.69) is 0 Å². The van der Waals surface area contributed by atoms with Crippen LogP contribution in [0.15, 0.2) is 11.6 Å². The van der Waals surface area contributed by atoms with E-state index in [0.29, 0.717) is 12.5 Å². The molecule has 19 heavy (non-hydrogen) atoms. The van der Waals surface area contributed by atoms with Crippen LogP contribution < -0.4 is 0 Å². The topological polar surface area (TPSA) is 26.3 Å². The Morgan fingerprint density at radius 1 is 1.11 bits per heavy atom. The Kier molecular flexibility index (Phi) is 7.16. The Morgan fingerprint density at radius 3 is 2.11 bits per heavy atom. The second kappa shape index (κ2) is 7.56. The van der Waals surface area contributed by atoms with Gasteiger partial charge in [0.1, 0.15) is 5.60 Å². The lowest BCUT2D eigenvalue weighted by atomic mass is 10.1. The molecule has 0 aliphatic heterocycles. The van der Waals surface area contributed by atoms with E-state index in [1.165, 1.54) is 0 Å². The number of hydrogen-bond acceptors (Lipinski definition) is 2. The molecule has 5 heteroatoms. The molecule has 0 fully saturated rings. The second-order valence-electron chi connectivity index (χ2n) is 5.51. The first-order valence-electron chi connectivity index (χ1n) is 6.57. The average Bonchev–Trinajstić information content (AvgIpc) is 2.18. The zero-order valence-electron chi connectivity index (χ0n) is 12.1. The standard InChI is InChI=1S/C14H23F3O2/c1-5-6-7-8-9-11(14(15,16)17)10-12(18)19-13(2,3)4/h10H,5-9H2,1-4H3/b11-10+. The molecule has 0 bridgehead atoms. The first-order chi connectivity index (χ1) is 8.56. The molecule has 0 radical (unpaired) electrons. The van der Waals surface area contributed by atoms with Crippen molar-refractivity contribution in [2.24, 2.45) is 0 Å². The van der Waals surface area contributed by atoms with Crippen LogP contribution in [0.2, 0.25) is 0 Å². The molecule has 2 nitrogen and oxygen atoms in total. The molecule has 0 atom stereocenters. The highest BCUT2D eigenvalue weighted by Crippen LogP contribution is 2.30. The van der Waals surface area contributed by atoms with Gasteiger partial charge < -0.3 is 4.74 Å². The first-order valence-corrected chi connectivity index (χ1v) is 6.57. The quantitative estimate of drug-likeness (QED) is 0.397. The lowest BCUT2D eigenvalue weighted by molar-refractivity contribution is -0.149. The SMILES string of the molecule is CCCCCC/C(=C\C(=O)OC(C)(C)C)C(F)(F)F. The summed E-state index contributed by atoms with van der Waals surface area (Å²) < 4.78 is 43.1. The van der Waals surface area contributed by atoms with E-state index >= 15 is 0 Å². The Bertz CT molecular complexity index is 312. The zero-order chi connectivity index (χ0) is 15.1. The van der Waals surface area contributed by atoms with Gasteiger partial charge in [0.15, 0.2) is 0 Å². The van der Waals surface area contributed by atoms with Gasteiger partial charge in [0.25, 0.3) is 0 Å². The molecule has 0 aromatic rings. The van der Waals surface area contributed by atoms with E-state index in [1.54, 1.807) is 20.8 Å². The number of rotatable bonds is 6. The van der Waals surface area contributed by atoms with Gasteiger partial charge in [-0.1, -0.05) is 26.2 Å². The molecule has 0 aromatic heterocycles. The number of esters is 1. The van der Waals surface area contributed by atoms with Crippen molar-refractivity contribution >= 4 is 5.97 Å². The summed E-state index contributed by atoms with van der Waals surface area (Å²) in [5, 5.41) is 0. The van der Waals surface area contributed by atoms with Gasteiger partial charge >= 0.3 is 12.1 Å². The van der Waals surface area contributed by atoms with Gasteiger partial charge in [-0.3, -0.25) is 0 Å². The molecule has 112 valence electrons. The van der Waals surface area contributed by atoms with E-state index in [-0.39, 0.29) is 6.42 Å². The Morgan fingerprint density at radius 2 is 1.68 bits per heavy atom. The normalized spacial score (nSPS) is 13.5. The number of hydrogen-bond donors (Lipinski definition) is 0. The lowest BCUT2D eigenvalue weighted by Crippen LogP contribution is -2.24. The maximum atomic E-state index is 12.7. The predicted molar refractivity (Wildman–Crippen MR) is 68.7 cm³/mol. The predicted octanol–water partition coefficient (Wildman–Crippen LogP) is 4.79. The van der Waals surface area contributed by atoms with Crippen molar-refractivity contribution in [3.05, 3.63) is 11.6 Å². The van der Waals surface area contributed by atoms with Crippen molar-refractivity contribution in [2.75, 3.05) is 0 Å². The minimum absolute atomic E-state index is 0.136. The van der Waals surface area contributed by atoms with Crippen LogP contribution in [0.1, 0.15) is 59.8 Å². The molecule has 0 rings (SSSR count).